The zero-order valence-corrected chi connectivity index (χ0v) is 7.74. The predicted molar refractivity (Wildman–Crippen MR) is 44.0 cm³/mol. The van der Waals surface area contributed by atoms with Gasteiger partial charge in [-0.3, -0.25) is 5.10 Å². The number of nitrogens with zero attached hydrogens (tertiary/aromatic N) is 3. The van der Waals surface area contributed by atoms with Gasteiger partial charge in [-0.05, 0) is 6.07 Å². The Labute approximate surface area is 75.8 Å². The van der Waals surface area contributed by atoms with Crippen LogP contribution in [0.5, 0.6) is 0 Å². The number of hydrogen-bond donors (Lipinski definition) is 1. The second kappa shape index (κ2) is 3.55. The summed E-state index contributed by atoms with van der Waals surface area (Å²) in [6, 6.07) is 3.08. The Hall–Kier alpha value is -1.39. The van der Waals surface area contributed by atoms with Crippen molar-refractivity contribution in [3.8, 4) is 6.07 Å². The van der Waals surface area contributed by atoms with Crippen LogP contribution in [0, 0.1) is 11.3 Å². The molecule has 0 amide bonds. The number of nitriles is 1. The molecule has 0 atom stereocenters. The van der Waals surface area contributed by atoms with E-state index < -0.39 is 10.0 Å². The van der Waals surface area contributed by atoms with Gasteiger partial charge in [0.15, 0.2) is 5.03 Å². The number of rotatable bonds is 3. The van der Waals surface area contributed by atoms with Gasteiger partial charge in [0.1, 0.15) is 6.54 Å². The maximum absolute atomic E-state index is 11.5. The first-order valence-corrected chi connectivity index (χ1v) is 4.85. The molecule has 0 spiro atoms. The molecule has 0 saturated heterocycles. The van der Waals surface area contributed by atoms with Gasteiger partial charge in [0.25, 0.3) is 10.0 Å². The summed E-state index contributed by atoms with van der Waals surface area (Å²) in [6.45, 7) is -0.179. The maximum atomic E-state index is 11.5. The van der Waals surface area contributed by atoms with Crippen LogP contribution >= 0.6 is 0 Å². The summed E-state index contributed by atoms with van der Waals surface area (Å²) in [5, 5.41) is 14.2. The molecule has 0 radical (unpaired) electrons. The molecule has 0 unspecified atom stereocenters. The van der Waals surface area contributed by atoms with Gasteiger partial charge in [0, 0.05) is 7.05 Å². The standard InChI is InChI=1S/C6H8N4O2S/c1-10(5-3-7)13(11,12)6-2-4-8-9-6/h2,4H,5H2,1H3,(H,8,9). The fourth-order valence-corrected chi connectivity index (χ4v) is 1.70. The van der Waals surface area contributed by atoms with Crippen LogP contribution in [-0.2, 0) is 10.0 Å². The Bertz CT molecular complexity index is 402. The molecule has 1 aromatic heterocycles. The summed E-state index contributed by atoms with van der Waals surface area (Å²) in [4.78, 5) is 0. The summed E-state index contributed by atoms with van der Waals surface area (Å²) in [5.74, 6) is 0. The van der Waals surface area contributed by atoms with Crippen molar-refractivity contribution in [2.24, 2.45) is 0 Å². The minimum Gasteiger partial charge on any atom is -0.266 e. The van der Waals surface area contributed by atoms with Crippen LogP contribution in [0.2, 0.25) is 0 Å². The highest BCUT2D eigenvalue weighted by molar-refractivity contribution is 7.89. The topological polar surface area (TPSA) is 89.8 Å². The molecule has 0 bridgehead atoms. The van der Waals surface area contributed by atoms with Crippen LogP contribution in [0.1, 0.15) is 0 Å². The molecule has 1 rings (SSSR count). The highest BCUT2D eigenvalue weighted by Gasteiger charge is 2.21. The maximum Gasteiger partial charge on any atom is 0.260 e. The zero-order chi connectivity index (χ0) is 9.90. The van der Waals surface area contributed by atoms with Crippen molar-refractivity contribution in [2.45, 2.75) is 5.03 Å². The summed E-state index contributed by atoms with van der Waals surface area (Å²) in [5.41, 5.74) is 0. The lowest BCUT2D eigenvalue weighted by molar-refractivity contribution is 0.498. The molecule has 6 nitrogen and oxygen atoms in total. The van der Waals surface area contributed by atoms with Gasteiger partial charge in [-0.1, -0.05) is 0 Å². The van der Waals surface area contributed by atoms with Crippen LogP contribution < -0.4 is 0 Å². The van der Waals surface area contributed by atoms with E-state index in [-0.39, 0.29) is 11.6 Å². The monoisotopic (exact) mass is 200 g/mol. The van der Waals surface area contributed by atoms with Crippen LogP contribution in [0.4, 0.5) is 0 Å². The third kappa shape index (κ3) is 1.85. The van der Waals surface area contributed by atoms with E-state index in [2.05, 4.69) is 10.2 Å². The minimum absolute atomic E-state index is 0.00903. The first-order valence-electron chi connectivity index (χ1n) is 3.41. The Balaban J connectivity index is 2.98. The van der Waals surface area contributed by atoms with Crippen molar-refractivity contribution in [1.29, 1.82) is 5.26 Å². The van der Waals surface area contributed by atoms with E-state index in [9.17, 15) is 8.42 Å². The van der Waals surface area contributed by atoms with Crippen molar-refractivity contribution in [3.05, 3.63) is 12.3 Å². The minimum atomic E-state index is -3.57. The highest BCUT2D eigenvalue weighted by atomic mass is 32.2. The fraction of sp³-hybridized carbons (Fsp3) is 0.333. The molecule has 1 aromatic rings. The van der Waals surface area contributed by atoms with Crippen molar-refractivity contribution in [2.75, 3.05) is 13.6 Å². The van der Waals surface area contributed by atoms with Crippen LogP contribution in [0.15, 0.2) is 17.3 Å². The van der Waals surface area contributed by atoms with Gasteiger partial charge in [0.05, 0.1) is 12.3 Å². The lowest BCUT2D eigenvalue weighted by Gasteiger charge is -2.10. The Morgan fingerprint density at radius 1 is 1.77 bits per heavy atom. The predicted octanol–water partition coefficient (Wildman–Crippen LogP) is -0.446. The molecule has 1 N–H and O–H groups in total. The molecular weight excluding hydrogens is 192 g/mol. The lowest BCUT2D eigenvalue weighted by atomic mass is 10.7. The van der Waals surface area contributed by atoms with Crippen molar-refractivity contribution in [3.63, 3.8) is 0 Å². The molecule has 0 aliphatic rings. The van der Waals surface area contributed by atoms with Crippen LogP contribution in [-0.4, -0.2) is 36.5 Å². The van der Waals surface area contributed by atoms with Gasteiger partial charge in [-0.25, -0.2) is 8.42 Å². The fourth-order valence-electron chi connectivity index (χ4n) is 0.739. The molecular formula is C6H8N4O2S. The van der Waals surface area contributed by atoms with Gasteiger partial charge >= 0.3 is 0 Å². The average Bonchev–Trinajstić information content (AvgIpc) is 2.56. The van der Waals surface area contributed by atoms with Crippen molar-refractivity contribution in [1.82, 2.24) is 14.5 Å². The Kier molecular flexibility index (Phi) is 2.65. The molecule has 7 heteroatoms. The second-order valence-corrected chi connectivity index (χ2v) is 4.35. The van der Waals surface area contributed by atoms with E-state index in [0.29, 0.717) is 0 Å². The molecule has 0 aliphatic heterocycles. The number of H-pyrrole nitrogens is 1. The normalized spacial score (nSPS) is 11.5. The van der Waals surface area contributed by atoms with E-state index in [1.54, 1.807) is 6.07 Å². The molecule has 0 aromatic carbocycles. The van der Waals surface area contributed by atoms with E-state index in [0.717, 1.165) is 4.31 Å². The summed E-state index contributed by atoms with van der Waals surface area (Å²) in [6.07, 6.45) is 1.34. The van der Waals surface area contributed by atoms with Gasteiger partial charge in [-0.15, -0.1) is 0 Å². The second-order valence-electron chi connectivity index (χ2n) is 2.34. The summed E-state index contributed by atoms with van der Waals surface area (Å²) < 4.78 is 23.9. The first kappa shape index (κ1) is 9.70. The highest BCUT2D eigenvalue weighted by Crippen LogP contribution is 2.08. The number of hydrogen-bond acceptors (Lipinski definition) is 4. The van der Waals surface area contributed by atoms with Crippen LogP contribution in [0.25, 0.3) is 0 Å². The number of sulfonamides is 1. The van der Waals surface area contributed by atoms with E-state index in [1.807, 2.05) is 0 Å². The molecule has 13 heavy (non-hydrogen) atoms. The number of aromatic nitrogens is 2. The molecule has 70 valence electrons. The quantitative estimate of drug-likeness (QED) is 0.669. The third-order valence-corrected chi connectivity index (χ3v) is 3.19. The zero-order valence-electron chi connectivity index (χ0n) is 6.93. The smallest absolute Gasteiger partial charge is 0.260 e. The molecule has 0 fully saturated rings. The largest absolute Gasteiger partial charge is 0.266 e. The lowest BCUT2D eigenvalue weighted by Crippen LogP contribution is -2.27. The SMILES string of the molecule is CN(CC#N)S(=O)(=O)c1ccn[nH]1. The van der Waals surface area contributed by atoms with Crippen LogP contribution in [0.3, 0.4) is 0 Å². The summed E-state index contributed by atoms with van der Waals surface area (Å²) >= 11 is 0. The average molecular weight is 200 g/mol. The molecule has 0 saturated carbocycles. The summed E-state index contributed by atoms with van der Waals surface area (Å²) in [7, 11) is -2.23. The van der Waals surface area contributed by atoms with Gasteiger partial charge in [0.2, 0.25) is 0 Å². The van der Waals surface area contributed by atoms with Gasteiger partial charge in [-0.2, -0.15) is 14.7 Å². The molecule has 0 aliphatic carbocycles. The van der Waals surface area contributed by atoms with E-state index in [4.69, 9.17) is 5.26 Å². The Morgan fingerprint density at radius 3 is 2.92 bits per heavy atom. The molecule has 1 heterocycles. The number of nitrogens with one attached hydrogen (secondary N) is 1. The Morgan fingerprint density at radius 2 is 2.46 bits per heavy atom. The third-order valence-electron chi connectivity index (χ3n) is 1.46. The van der Waals surface area contributed by atoms with Gasteiger partial charge < -0.3 is 0 Å². The van der Waals surface area contributed by atoms with E-state index >= 15 is 0 Å². The van der Waals surface area contributed by atoms with Crippen molar-refractivity contribution >= 4 is 10.0 Å². The van der Waals surface area contributed by atoms with E-state index in [1.165, 1.54) is 19.3 Å². The van der Waals surface area contributed by atoms with Crippen molar-refractivity contribution < 1.29 is 8.42 Å². The number of aromatic amines is 1. The first-order chi connectivity index (χ1) is 6.09.